The van der Waals surface area contributed by atoms with Crippen LogP contribution in [0.3, 0.4) is 0 Å². The Morgan fingerprint density at radius 1 is 1.40 bits per heavy atom. The van der Waals surface area contributed by atoms with E-state index in [1.54, 1.807) is 0 Å². The average molecular weight is 302 g/mol. The third kappa shape index (κ3) is 4.46. The van der Waals surface area contributed by atoms with Crippen LogP contribution in [0.4, 0.5) is 0 Å². The van der Waals surface area contributed by atoms with Crippen molar-refractivity contribution in [3.8, 4) is 0 Å². The summed E-state index contributed by atoms with van der Waals surface area (Å²) in [6.45, 7) is 4.72. The molecule has 1 atom stereocenters. The van der Waals surface area contributed by atoms with Crippen molar-refractivity contribution in [3.63, 3.8) is 0 Å². The zero-order valence-corrected chi connectivity index (χ0v) is 13.1. The van der Waals surface area contributed by atoms with E-state index in [-0.39, 0.29) is 18.4 Å². The van der Waals surface area contributed by atoms with Crippen LogP contribution in [0.25, 0.3) is 0 Å². The van der Waals surface area contributed by atoms with Crippen LogP contribution in [0.15, 0.2) is 5.16 Å². The van der Waals surface area contributed by atoms with Crippen molar-refractivity contribution in [2.75, 3.05) is 26.4 Å². The van der Waals surface area contributed by atoms with Gasteiger partial charge in [-0.1, -0.05) is 25.6 Å². The van der Waals surface area contributed by atoms with Crippen molar-refractivity contribution in [1.82, 2.24) is 19.7 Å². The molecular formula is C12H22N4O3S. The van der Waals surface area contributed by atoms with Gasteiger partial charge in [-0.05, 0) is 20.0 Å². The molecule has 114 valence electrons. The van der Waals surface area contributed by atoms with Gasteiger partial charge in [-0.3, -0.25) is 9.36 Å². The number of aliphatic hydroxyl groups excluding tert-OH is 1. The first-order chi connectivity index (χ1) is 9.36. The third-order valence-electron chi connectivity index (χ3n) is 2.85. The summed E-state index contributed by atoms with van der Waals surface area (Å²) in [6, 6.07) is 0.0819. The van der Waals surface area contributed by atoms with Gasteiger partial charge in [0.2, 0.25) is 0 Å². The zero-order chi connectivity index (χ0) is 15.3. The van der Waals surface area contributed by atoms with Crippen molar-refractivity contribution >= 4 is 17.7 Å². The number of aromatic nitrogens is 3. The summed E-state index contributed by atoms with van der Waals surface area (Å²) in [5.41, 5.74) is 0. The highest BCUT2D eigenvalue weighted by Crippen LogP contribution is 2.27. The molecule has 0 amide bonds. The Labute approximate surface area is 123 Å². The Morgan fingerprint density at radius 3 is 2.50 bits per heavy atom. The fraction of sp³-hybridized carbons (Fsp3) is 0.750. The first-order valence-electron chi connectivity index (χ1n) is 6.40. The second-order valence-corrected chi connectivity index (χ2v) is 6.13. The maximum atomic E-state index is 10.7. The van der Waals surface area contributed by atoms with Gasteiger partial charge in [0.05, 0.1) is 11.8 Å². The fourth-order valence-corrected chi connectivity index (χ4v) is 2.67. The molecule has 1 aromatic rings. The van der Waals surface area contributed by atoms with Gasteiger partial charge in [0, 0.05) is 6.54 Å². The standard InChI is InChI=1S/C12H22N4O3S/c1-8(2)9(5-15(3)4)16-10(6-17)13-14-12(16)20-7-11(18)19/h8-9,17H,5-7H2,1-4H3,(H,18,19). The van der Waals surface area contributed by atoms with Gasteiger partial charge in [0.15, 0.2) is 11.0 Å². The lowest BCUT2D eigenvalue weighted by atomic mass is 10.0. The van der Waals surface area contributed by atoms with Gasteiger partial charge in [0.1, 0.15) is 6.61 Å². The summed E-state index contributed by atoms with van der Waals surface area (Å²) in [6.07, 6.45) is 0. The quantitative estimate of drug-likeness (QED) is 0.683. The van der Waals surface area contributed by atoms with E-state index in [1.165, 1.54) is 0 Å². The topological polar surface area (TPSA) is 91.5 Å². The molecule has 0 radical (unpaired) electrons. The molecule has 0 aliphatic carbocycles. The molecule has 0 saturated heterocycles. The lowest BCUT2D eigenvalue weighted by Crippen LogP contribution is -2.30. The highest BCUT2D eigenvalue weighted by atomic mass is 32.2. The first kappa shape index (κ1) is 16.9. The summed E-state index contributed by atoms with van der Waals surface area (Å²) in [4.78, 5) is 12.8. The molecule has 0 spiro atoms. The molecule has 1 unspecified atom stereocenters. The maximum Gasteiger partial charge on any atom is 0.313 e. The number of carboxylic acid groups (broad SMARTS) is 1. The van der Waals surface area contributed by atoms with E-state index in [0.29, 0.717) is 16.9 Å². The highest BCUT2D eigenvalue weighted by molar-refractivity contribution is 7.99. The van der Waals surface area contributed by atoms with E-state index >= 15 is 0 Å². The van der Waals surface area contributed by atoms with Crippen molar-refractivity contribution < 1.29 is 15.0 Å². The largest absolute Gasteiger partial charge is 0.481 e. The maximum absolute atomic E-state index is 10.7. The van der Waals surface area contributed by atoms with Crippen LogP contribution >= 0.6 is 11.8 Å². The normalized spacial score (nSPS) is 13.2. The van der Waals surface area contributed by atoms with Crippen molar-refractivity contribution in [2.45, 2.75) is 31.7 Å². The van der Waals surface area contributed by atoms with E-state index in [2.05, 4.69) is 28.9 Å². The van der Waals surface area contributed by atoms with E-state index in [9.17, 15) is 9.90 Å². The Bertz CT molecular complexity index is 448. The molecule has 0 fully saturated rings. The number of carbonyl (C=O) groups is 1. The predicted octanol–water partition coefficient (Wildman–Crippen LogP) is 0.706. The van der Waals surface area contributed by atoms with Gasteiger partial charge < -0.3 is 15.1 Å². The van der Waals surface area contributed by atoms with Crippen LogP contribution < -0.4 is 0 Å². The molecule has 7 nitrogen and oxygen atoms in total. The minimum Gasteiger partial charge on any atom is -0.481 e. The van der Waals surface area contributed by atoms with E-state index in [4.69, 9.17) is 5.11 Å². The van der Waals surface area contributed by atoms with Crippen LogP contribution in [0.1, 0.15) is 25.7 Å². The summed E-state index contributed by atoms with van der Waals surface area (Å²) < 4.78 is 1.86. The Balaban J connectivity index is 3.09. The number of thioether (sulfide) groups is 1. The van der Waals surface area contributed by atoms with Crippen molar-refractivity contribution in [1.29, 1.82) is 0 Å². The van der Waals surface area contributed by atoms with Crippen LogP contribution in [0.2, 0.25) is 0 Å². The van der Waals surface area contributed by atoms with Gasteiger partial charge in [0.25, 0.3) is 0 Å². The van der Waals surface area contributed by atoms with Crippen molar-refractivity contribution in [3.05, 3.63) is 5.82 Å². The molecule has 2 N–H and O–H groups in total. The number of aliphatic hydroxyl groups is 1. The number of rotatable bonds is 8. The Kier molecular flexibility index (Phi) is 6.44. The van der Waals surface area contributed by atoms with E-state index in [1.807, 2.05) is 18.7 Å². The molecule has 1 rings (SSSR count). The minimum atomic E-state index is -0.899. The summed E-state index contributed by atoms with van der Waals surface area (Å²) >= 11 is 1.12. The zero-order valence-electron chi connectivity index (χ0n) is 12.3. The lowest BCUT2D eigenvalue weighted by Gasteiger charge is -2.27. The molecule has 0 saturated carbocycles. The van der Waals surface area contributed by atoms with Gasteiger partial charge >= 0.3 is 5.97 Å². The van der Waals surface area contributed by atoms with Crippen LogP contribution in [-0.4, -0.2) is 62.2 Å². The van der Waals surface area contributed by atoms with E-state index in [0.717, 1.165) is 18.3 Å². The van der Waals surface area contributed by atoms with Crippen LogP contribution in [0, 0.1) is 5.92 Å². The smallest absolute Gasteiger partial charge is 0.313 e. The van der Waals surface area contributed by atoms with E-state index < -0.39 is 5.97 Å². The molecule has 0 aromatic carbocycles. The number of likely N-dealkylation sites (N-methyl/N-ethyl adjacent to an activating group) is 1. The third-order valence-corrected chi connectivity index (χ3v) is 3.78. The molecule has 0 bridgehead atoms. The predicted molar refractivity (Wildman–Crippen MR) is 76.7 cm³/mol. The molecule has 1 heterocycles. The number of aliphatic carboxylic acids is 1. The van der Waals surface area contributed by atoms with Crippen molar-refractivity contribution in [2.24, 2.45) is 5.92 Å². The molecule has 0 aliphatic heterocycles. The summed E-state index contributed by atoms with van der Waals surface area (Å²) in [5.74, 6) is -0.193. The molecule has 20 heavy (non-hydrogen) atoms. The summed E-state index contributed by atoms with van der Waals surface area (Å²) in [5, 5.41) is 26.7. The summed E-state index contributed by atoms with van der Waals surface area (Å²) in [7, 11) is 3.95. The number of hydrogen-bond acceptors (Lipinski definition) is 6. The molecular weight excluding hydrogens is 280 g/mol. The second-order valence-electron chi connectivity index (χ2n) is 5.18. The average Bonchev–Trinajstić information content (AvgIpc) is 2.75. The van der Waals surface area contributed by atoms with Gasteiger partial charge in [-0.25, -0.2) is 0 Å². The molecule has 1 aromatic heterocycles. The number of nitrogens with zero attached hydrogens (tertiary/aromatic N) is 4. The fourth-order valence-electron chi connectivity index (χ4n) is 1.94. The lowest BCUT2D eigenvalue weighted by molar-refractivity contribution is -0.133. The van der Waals surface area contributed by atoms with Crippen LogP contribution in [0.5, 0.6) is 0 Å². The Hall–Kier alpha value is -1.12. The second kappa shape index (κ2) is 7.61. The SMILES string of the molecule is CC(C)C(CN(C)C)n1c(CO)nnc1SCC(=O)O. The van der Waals surface area contributed by atoms with Crippen LogP contribution in [-0.2, 0) is 11.4 Å². The molecule has 0 aliphatic rings. The monoisotopic (exact) mass is 302 g/mol. The van der Waals surface area contributed by atoms with Gasteiger partial charge in [-0.2, -0.15) is 0 Å². The highest BCUT2D eigenvalue weighted by Gasteiger charge is 2.24. The Morgan fingerprint density at radius 2 is 2.05 bits per heavy atom. The minimum absolute atomic E-state index is 0.0731. The first-order valence-corrected chi connectivity index (χ1v) is 7.39. The molecule has 8 heteroatoms. The number of hydrogen-bond donors (Lipinski definition) is 2. The van der Waals surface area contributed by atoms with Gasteiger partial charge in [-0.15, -0.1) is 10.2 Å². The number of carboxylic acids is 1.